The number of benzene rings is 1. The Labute approximate surface area is 283 Å². The van der Waals surface area contributed by atoms with E-state index in [1.807, 2.05) is 10.7 Å². The van der Waals surface area contributed by atoms with Gasteiger partial charge in [-0.1, -0.05) is 6.07 Å². The second-order valence-corrected chi connectivity index (χ2v) is 16.7. The summed E-state index contributed by atoms with van der Waals surface area (Å²) in [7, 11) is -1.24. The Kier molecular flexibility index (Phi) is 10.2. The average molecular weight is 703 g/mol. The Morgan fingerprint density at radius 3 is 2.52 bits per heavy atom. The molecule has 10 nitrogen and oxygen atoms in total. The van der Waals surface area contributed by atoms with Crippen LogP contribution >= 0.6 is 18.9 Å². The highest BCUT2D eigenvalue weighted by Crippen LogP contribution is 2.46. The number of thiophene rings is 1. The van der Waals surface area contributed by atoms with E-state index in [0.29, 0.717) is 41.4 Å². The SMILES string of the molecule is COP(C)(=O)N1CCN([C@@H](C)Cn2c(C#N)cc3c(C)c(CN4CCC(Nc5ncnc6sc(CC(F)(F)F)cc56)CC4)ccc32)CC1. The summed E-state index contributed by atoms with van der Waals surface area (Å²) < 4.78 is 60.8. The molecule has 0 aliphatic carbocycles. The molecule has 6 rings (SSSR count). The highest BCUT2D eigenvalue weighted by atomic mass is 32.1. The molecular formula is C33H42F3N8O2PS. The molecule has 0 saturated carbocycles. The zero-order valence-electron chi connectivity index (χ0n) is 27.8. The van der Waals surface area contributed by atoms with Crippen molar-refractivity contribution in [2.45, 2.75) is 64.5 Å². The summed E-state index contributed by atoms with van der Waals surface area (Å²) >= 11 is 1.06. The predicted octanol–water partition coefficient (Wildman–Crippen LogP) is 6.48. The van der Waals surface area contributed by atoms with Gasteiger partial charge < -0.3 is 14.4 Å². The van der Waals surface area contributed by atoms with E-state index < -0.39 is 20.1 Å². The van der Waals surface area contributed by atoms with Gasteiger partial charge in [-0.15, -0.1) is 11.3 Å². The number of piperidine rings is 1. The van der Waals surface area contributed by atoms with Gasteiger partial charge in [0.25, 0.3) is 7.52 Å². The third-order valence-electron chi connectivity index (χ3n) is 9.87. The van der Waals surface area contributed by atoms with E-state index in [1.165, 1.54) is 24.6 Å². The van der Waals surface area contributed by atoms with Gasteiger partial charge in [-0.05, 0) is 56.0 Å². The van der Waals surface area contributed by atoms with Gasteiger partial charge in [0.2, 0.25) is 0 Å². The number of piperazine rings is 1. The Balaban J connectivity index is 1.08. The van der Waals surface area contributed by atoms with Crippen LogP contribution in [0.15, 0.2) is 30.6 Å². The minimum Gasteiger partial charge on any atom is -0.367 e. The maximum absolute atomic E-state index is 13.0. The van der Waals surface area contributed by atoms with Gasteiger partial charge in [0.05, 0.1) is 11.8 Å². The van der Waals surface area contributed by atoms with Crippen molar-refractivity contribution in [3.63, 3.8) is 0 Å². The van der Waals surface area contributed by atoms with Crippen molar-refractivity contribution in [3.05, 3.63) is 52.3 Å². The number of fused-ring (bicyclic) bond motifs is 2. The van der Waals surface area contributed by atoms with E-state index >= 15 is 0 Å². The zero-order chi connectivity index (χ0) is 34.2. The van der Waals surface area contributed by atoms with Gasteiger partial charge >= 0.3 is 6.18 Å². The number of nitrogens with one attached hydrogen (secondary N) is 1. The summed E-state index contributed by atoms with van der Waals surface area (Å²) in [5, 5.41) is 15.3. The van der Waals surface area contributed by atoms with Crippen molar-refractivity contribution in [3.8, 4) is 6.07 Å². The van der Waals surface area contributed by atoms with Crippen LogP contribution in [0.2, 0.25) is 0 Å². The topological polar surface area (TPSA) is 103 Å². The molecule has 0 bridgehead atoms. The number of nitriles is 1. The first-order chi connectivity index (χ1) is 22.8. The van der Waals surface area contributed by atoms with Crippen LogP contribution in [0.5, 0.6) is 0 Å². The van der Waals surface area contributed by atoms with E-state index in [1.54, 1.807) is 12.7 Å². The molecule has 2 atom stereocenters. The number of alkyl halides is 3. The molecule has 1 aromatic carbocycles. The smallest absolute Gasteiger partial charge is 0.367 e. The molecule has 5 heterocycles. The second kappa shape index (κ2) is 14.1. The van der Waals surface area contributed by atoms with E-state index in [0.717, 1.165) is 67.8 Å². The molecule has 0 radical (unpaired) electrons. The van der Waals surface area contributed by atoms with Gasteiger partial charge in [-0.2, -0.15) is 18.4 Å². The summed E-state index contributed by atoms with van der Waals surface area (Å²) in [6, 6.07) is 10.7. The summed E-state index contributed by atoms with van der Waals surface area (Å²) in [5.41, 5.74) is 4.12. The molecule has 3 aromatic heterocycles. The van der Waals surface area contributed by atoms with Crippen molar-refractivity contribution < 1.29 is 22.3 Å². The van der Waals surface area contributed by atoms with Gasteiger partial charge in [-0.25, -0.2) is 14.6 Å². The fourth-order valence-corrected chi connectivity index (χ4v) is 9.13. The monoisotopic (exact) mass is 702 g/mol. The molecule has 2 aliphatic rings. The maximum atomic E-state index is 13.0. The van der Waals surface area contributed by atoms with Crippen molar-refractivity contribution in [1.82, 2.24) is 29.0 Å². The highest BCUT2D eigenvalue weighted by molar-refractivity contribution is 7.55. The lowest BCUT2D eigenvalue weighted by molar-refractivity contribution is -0.126. The number of aromatic nitrogens is 3. The van der Waals surface area contributed by atoms with Crippen LogP contribution in [0.1, 0.15) is 41.5 Å². The number of nitrogens with zero attached hydrogens (tertiary/aromatic N) is 7. The molecule has 48 heavy (non-hydrogen) atoms. The lowest BCUT2D eigenvalue weighted by Gasteiger charge is -2.39. The Morgan fingerprint density at radius 1 is 1.12 bits per heavy atom. The van der Waals surface area contributed by atoms with E-state index in [-0.39, 0.29) is 17.0 Å². The molecule has 4 aromatic rings. The number of hydrogen-bond donors (Lipinski definition) is 1. The van der Waals surface area contributed by atoms with Crippen LogP contribution in [-0.2, 0) is 28.6 Å². The average Bonchev–Trinajstić information content (AvgIpc) is 3.63. The van der Waals surface area contributed by atoms with E-state index in [9.17, 15) is 23.0 Å². The Bertz CT molecular complexity index is 1860. The van der Waals surface area contributed by atoms with E-state index in [2.05, 4.69) is 61.7 Å². The van der Waals surface area contributed by atoms with Crippen LogP contribution in [0, 0.1) is 18.3 Å². The number of halogens is 3. The number of anilines is 1. The molecule has 258 valence electrons. The predicted molar refractivity (Wildman–Crippen MR) is 184 cm³/mol. The number of rotatable bonds is 10. The minimum absolute atomic E-state index is 0.164. The molecule has 1 unspecified atom stereocenters. The minimum atomic E-state index is -4.26. The van der Waals surface area contributed by atoms with Crippen molar-refractivity contribution in [1.29, 1.82) is 5.26 Å². The van der Waals surface area contributed by atoms with Crippen molar-refractivity contribution in [2.24, 2.45) is 0 Å². The maximum Gasteiger partial charge on any atom is 0.393 e. The largest absolute Gasteiger partial charge is 0.393 e. The van der Waals surface area contributed by atoms with Gasteiger partial charge in [-0.3, -0.25) is 14.4 Å². The molecule has 1 N–H and O–H groups in total. The Hall–Kier alpha value is -3.05. The Morgan fingerprint density at radius 2 is 1.85 bits per heavy atom. The summed E-state index contributed by atoms with van der Waals surface area (Å²) in [4.78, 5) is 14.2. The lowest BCUT2D eigenvalue weighted by atomic mass is 10.0. The van der Waals surface area contributed by atoms with Crippen LogP contribution in [0.4, 0.5) is 19.0 Å². The molecule has 15 heteroatoms. The summed E-state index contributed by atoms with van der Waals surface area (Å²) in [6.45, 7) is 12.2. The number of likely N-dealkylation sites (tertiary alicyclic amines) is 1. The van der Waals surface area contributed by atoms with Crippen molar-refractivity contribution >= 4 is 45.8 Å². The second-order valence-electron chi connectivity index (χ2n) is 13.0. The van der Waals surface area contributed by atoms with Crippen LogP contribution in [-0.4, -0.2) is 100 Å². The third kappa shape index (κ3) is 7.57. The quantitative estimate of drug-likeness (QED) is 0.186. The van der Waals surface area contributed by atoms with Crippen LogP contribution < -0.4 is 5.32 Å². The van der Waals surface area contributed by atoms with Gasteiger partial charge in [0, 0.05) is 94.0 Å². The molecule has 2 saturated heterocycles. The van der Waals surface area contributed by atoms with Gasteiger partial charge in [0.15, 0.2) is 0 Å². The van der Waals surface area contributed by atoms with E-state index in [4.69, 9.17) is 4.52 Å². The number of hydrogen-bond acceptors (Lipinski definition) is 9. The standard InChI is InChI=1S/C33H42F3N8O2PS/c1-22(42-11-13-43(14-12-42)47(4,45)46-3)19-44-26(18-37)15-28-23(2)24(5-6-30(28)44)20-41-9-7-25(8-10-41)40-31-29-16-27(17-33(34,35)36)48-32(29)39-21-38-31/h5-6,15-16,21-22,25H,7-14,17,19-20H2,1-4H3,(H,38,39,40)/t22-,47?/m0/s1. The first-order valence-electron chi connectivity index (χ1n) is 16.3. The fraction of sp³-hybridized carbons (Fsp3) is 0.545. The zero-order valence-corrected chi connectivity index (χ0v) is 29.5. The number of aryl methyl sites for hydroxylation is 1. The molecular weight excluding hydrogens is 660 g/mol. The summed E-state index contributed by atoms with van der Waals surface area (Å²) in [5.74, 6) is 0.594. The molecule has 2 fully saturated rings. The first-order valence-corrected chi connectivity index (χ1v) is 19.1. The van der Waals surface area contributed by atoms with Gasteiger partial charge in [0.1, 0.15) is 28.7 Å². The highest BCUT2D eigenvalue weighted by Gasteiger charge is 2.31. The van der Waals surface area contributed by atoms with Crippen LogP contribution in [0.25, 0.3) is 21.1 Å². The molecule has 0 amide bonds. The summed E-state index contributed by atoms with van der Waals surface area (Å²) in [6.07, 6.45) is -2.04. The van der Waals surface area contributed by atoms with Crippen molar-refractivity contribution in [2.75, 3.05) is 58.4 Å². The molecule has 2 aliphatic heterocycles. The van der Waals surface area contributed by atoms with Crippen LogP contribution in [0.3, 0.4) is 0 Å². The normalized spacial score (nSPS) is 19.5. The first kappa shape index (κ1) is 34.8. The lowest BCUT2D eigenvalue weighted by Crippen LogP contribution is -2.49. The fourth-order valence-electron chi connectivity index (χ4n) is 6.97. The third-order valence-corrected chi connectivity index (χ3v) is 13.0. The molecule has 0 spiro atoms.